The summed E-state index contributed by atoms with van der Waals surface area (Å²) >= 11 is 1.96. The highest BCUT2D eigenvalue weighted by molar-refractivity contribution is 7.26. The van der Waals surface area contributed by atoms with Crippen LogP contribution in [0.15, 0.2) is 146 Å². The van der Waals surface area contributed by atoms with Gasteiger partial charge in [-0.1, -0.05) is 141 Å². The zero-order valence-electron chi connectivity index (χ0n) is 25.8. The van der Waals surface area contributed by atoms with Crippen LogP contribution < -0.4 is 0 Å². The van der Waals surface area contributed by atoms with Crippen LogP contribution in [0.5, 0.6) is 0 Å². The van der Waals surface area contributed by atoms with Crippen LogP contribution in [0, 0.1) is 0 Å². The summed E-state index contributed by atoms with van der Waals surface area (Å²) in [6, 6.07) is 54.3. The molecule has 1 aliphatic rings. The highest BCUT2D eigenvalue weighted by Crippen LogP contribution is 2.58. The van der Waals surface area contributed by atoms with E-state index in [9.17, 15) is 0 Å². The van der Waals surface area contributed by atoms with Crippen LogP contribution in [0.4, 0.5) is 0 Å². The topological polar surface area (TPSA) is 0 Å². The van der Waals surface area contributed by atoms with E-state index in [2.05, 4.69) is 159 Å². The third-order valence-corrected chi connectivity index (χ3v) is 11.6. The normalized spacial score (nSPS) is 13.6. The molecule has 0 saturated heterocycles. The largest absolute Gasteiger partial charge is 0.134 e. The third kappa shape index (κ3) is 3.44. The van der Waals surface area contributed by atoms with E-state index < -0.39 is 0 Å². The molecule has 0 amide bonds. The van der Waals surface area contributed by atoms with E-state index in [0.717, 1.165) is 0 Å². The molecule has 216 valence electrons. The van der Waals surface area contributed by atoms with E-state index in [1.54, 1.807) is 0 Å². The molecule has 1 aromatic heterocycles. The van der Waals surface area contributed by atoms with Crippen LogP contribution in [0.25, 0.3) is 85.9 Å². The monoisotopic (exact) mass is 602 g/mol. The first-order valence-corrected chi connectivity index (χ1v) is 16.9. The second-order valence-corrected chi connectivity index (χ2v) is 14.3. The quantitative estimate of drug-likeness (QED) is 0.173. The van der Waals surface area contributed by atoms with E-state index in [-0.39, 0.29) is 5.41 Å². The SMILES string of the molecule is CC1(C)c2ccccc2-c2c1cc1c(sc3cc4ccccc4cc31)c2-c1c2ccccc2c(-c2ccccc2)c2ccccc12. The lowest BCUT2D eigenvalue weighted by molar-refractivity contribution is 0.661. The lowest BCUT2D eigenvalue weighted by Gasteiger charge is -2.23. The predicted molar refractivity (Wildman–Crippen MR) is 200 cm³/mol. The Hall–Kier alpha value is -5.24. The van der Waals surface area contributed by atoms with E-state index in [0.29, 0.717) is 0 Å². The van der Waals surface area contributed by atoms with Crippen molar-refractivity contribution in [1.82, 2.24) is 0 Å². The number of rotatable bonds is 2. The summed E-state index contributed by atoms with van der Waals surface area (Å²) in [5.74, 6) is 0. The van der Waals surface area contributed by atoms with Crippen molar-refractivity contribution in [2.45, 2.75) is 19.3 Å². The van der Waals surface area contributed by atoms with Crippen molar-refractivity contribution in [1.29, 1.82) is 0 Å². The van der Waals surface area contributed by atoms with E-state index >= 15 is 0 Å². The first kappa shape index (κ1) is 26.0. The predicted octanol–water partition coefficient (Wildman–Crippen LogP) is 13.2. The molecular weight excluding hydrogens is 573 g/mol. The molecule has 0 saturated carbocycles. The summed E-state index contributed by atoms with van der Waals surface area (Å²) in [6.45, 7) is 4.82. The molecular formula is C45H30S. The maximum absolute atomic E-state index is 2.53. The molecule has 0 N–H and O–H groups in total. The Kier molecular flexibility index (Phi) is 5.31. The Balaban J connectivity index is 1.46. The van der Waals surface area contributed by atoms with E-state index in [1.165, 1.54) is 97.0 Å². The van der Waals surface area contributed by atoms with Gasteiger partial charge in [0, 0.05) is 31.2 Å². The van der Waals surface area contributed by atoms with Gasteiger partial charge in [0.2, 0.25) is 0 Å². The van der Waals surface area contributed by atoms with Gasteiger partial charge in [0.25, 0.3) is 0 Å². The second-order valence-electron chi connectivity index (χ2n) is 13.2. The summed E-state index contributed by atoms with van der Waals surface area (Å²) in [7, 11) is 0. The van der Waals surface area contributed by atoms with Crippen LogP contribution >= 0.6 is 11.3 Å². The van der Waals surface area contributed by atoms with Gasteiger partial charge in [-0.05, 0) is 89.5 Å². The molecule has 10 rings (SSSR count). The van der Waals surface area contributed by atoms with Crippen molar-refractivity contribution in [2.75, 3.05) is 0 Å². The van der Waals surface area contributed by atoms with Crippen molar-refractivity contribution in [3.63, 3.8) is 0 Å². The van der Waals surface area contributed by atoms with Crippen LogP contribution in [-0.4, -0.2) is 0 Å². The van der Waals surface area contributed by atoms with Gasteiger partial charge in [-0.3, -0.25) is 0 Å². The minimum atomic E-state index is -0.116. The zero-order chi connectivity index (χ0) is 30.6. The summed E-state index contributed by atoms with van der Waals surface area (Å²) < 4.78 is 2.72. The van der Waals surface area contributed by atoms with Crippen LogP contribution in [0.3, 0.4) is 0 Å². The lowest BCUT2D eigenvalue weighted by Crippen LogP contribution is -2.14. The molecule has 0 radical (unpaired) electrons. The standard InChI is InChI=1S/C45H30S/c1-45(2)37-23-13-12-22-34(37)42-38(45)26-36-35-24-28-16-6-7-17-29(28)25-39(35)46-44(36)43(42)41-32-20-10-8-18-30(32)40(27-14-4-3-5-15-27)31-19-9-11-21-33(31)41/h3-26H,1-2H3. The average Bonchev–Trinajstić information content (AvgIpc) is 3.57. The smallest absolute Gasteiger partial charge is 0.0440 e. The summed E-state index contributed by atoms with van der Waals surface area (Å²) in [5, 5.41) is 10.5. The van der Waals surface area contributed by atoms with Crippen molar-refractivity contribution in [3.05, 3.63) is 157 Å². The van der Waals surface area contributed by atoms with Crippen molar-refractivity contribution in [2.24, 2.45) is 0 Å². The van der Waals surface area contributed by atoms with Gasteiger partial charge in [0.1, 0.15) is 0 Å². The summed E-state index contributed by atoms with van der Waals surface area (Å²) in [4.78, 5) is 0. The van der Waals surface area contributed by atoms with Crippen molar-refractivity contribution < 1.29 is 0 Å². The number of hydrogen-bond donors (Lipinski definition) is 0. The first-order chi connectivity index (χ1) is 22.6. The molecule has 0 fully saturated rings. The number of benzene rings is 8. The maximum atomic E-state index is 2.53. The average molecular weight is 603 g/mol. The highest BCUT2D eigenvalue weighted by Gasteiger charge is 2.39. The van der Waals surface area contributed by atoms with Crippen LogP contribution in [-0.2, 0) is 5.41 Å². The van der Waals surface area contributed by atoms with Gasteiger partial charge in [-0.2, -0.15) is 0 Å². The zero-order valence-corrected chi connectivity index (χ0v) is 26.6. The second kappa shape index (κ2) is 9.39. The molecule has 0 atom stereocenters. The number of hydrogen-bond acceptors (Lipinski definition) is 1. The van der Waals surface area contributed by atoms with Gasteiger partial charge >= 0.3 is 0 Å². The molecule has 0 aliphatic heterocycles. The highest BCUT2D eigenvalue weighted by atomic mass is 32.1. The molecule has 9 aromatic rings. The van der Waals surface area contributed by atoms with Gasteiger partial charge in [-0.15, -0.1) is 11.3 Å². The maximum Gasteiger partial charge on any atom is 0.0440 e. The molecule has 1 heteroatoms. The van der Waals surface area contributed by atoms with Crippen molar-refractivity contribution in [3.8, 4) is 33.4 Å². The fraction of sp³-hybridized carbons (Fsp3) is 0.0667. The minimum Gasteiger partial charge on any atom is -0.134 e. The lowest BCUT2D eigenvalue weighted by atomic mass is 9.80. The van der Waals surface area contributed by atoms with Gasteiger partial charge in [0.15, 0.2) is 0 Å². The van der Waals surface area contributed by atoms with Gasteiger partial charge < -0.3 is 0 Å². The molecule has 0 spiro atoms. The van der Waals surface area contributed by atoms with Crippen LogP contribution in [0.2, 0.25) is 0 Å². The van der Waals surface area contributed by atoms with E-state index in [1.807, 2.05) is 11.3 Å². The van der Waals surface area contributed by atoms with Crippen LogP contribution in [0.1, 0.15) is 25.0 Å². The van der Waals surface area contributed by atoms with Gasteiger partial charge in [0.05, 0.1) is 0 Å². The van der Waals surface area contributed by atoms with Gasteiger partial charge in [-0.25, -0.2) is 0 Å². The summed E-state index contributed by atoms with van der Waals surface area (Å²) in [5.41, 5.74) is 10.8. The van der Waals surface area contributed by atoms with Crippen molar-refractivity contribution >= 4 is 63.8 Å². The fourth-order valence-electron chi connectivity index (χ4n) is 8.31. The molecule has 0 nitrogen and oxygen atoms in total. The molecule has 0 unspecified atom stereocenters. The fourth-order valence-corrected chi connectivity index (χ4v) is 9.58. The Morgan fingerprint density at radius 2 is 0.978 bits per heavy atom. The molecule has 0 bridgehead atoms. The Morgan fingerprint density at radius 3 is 1.67 bits per heavy atom. The Labute approximate surface area is 272 Å². The molecule has 8 aromatic carbocycles. The van der Waals surface area contributed by atoms with E-state index in [4.69, 9.17) is 0 Å². The number of thiophene rings is 1. The number of fused-ring (bicyclic) bond motifs is 9. The minimum absolute atomic E-state index is 0.116. The summed E-state index contributed by atoms with van der Waals surface area (Å²) in [6.07, 6.45) is 0. The Bertz CT molecular complexity index is 2650. The first-order valence-electron chi connectivity index (χ1n) is 16.1. The Morgan fingerprint density at radius 1 is 0.413 bits per heavy atom. The third-order valence-electron chi connectivity index (χ3n) is 10.4. The molecule has 1 aliphatic carbocycles. The molecule has 1 heterocycles. The molecule has 46 heavy (non-hydrogen) atoms.